The van der Waals surface area contributed by atoms with Crippen molar-refractivity contribution in [3.05, 3.63) is 131 Å². The summed E-state index contributed by atoms with van der Waals surface area (Å²) in [6.45, 7) is 0. The van der Waals surface area contributed by atoms with Crippen LogP contribution in [0.5, 0.6) is 0 Å². The molecule has 230 valence electrons. The SMILES string of the molecule is Nn1cnc2c(SC3=C(C(=O)OC(c4ccccc4)c4ccccc4)N4C(=O)C(NC(=O)Cc5ccccc5)[C@H]4SC3)ncnc21. The van der Waals surface area contributed by atoms with Crippen LogP contribution in [0.1, 0.15) is 22.8 Å². The molecule has 1 unspecified atom stereocenters. The third kappa shape index (κ3) is 5.70. The van der Waals surface area contributed by atoms with Gasteiger partial charge in [0, 0.05) is 10.7 Å². The maximum Gasteiger partial charge on any atom is 0.356 e. The first-order chi connectivity index (χ1) is 22.5. The Morgan fingerprint density at radius 1 is 0.957 bits per heavy atom. The standard InChI is InChI=1S/C33H27N7O4S2/c34-39-19-37-25-29(39)35-18-36-30(25)46-23-17-45-32-26(38-24(41)16-20-10-4-1-5-11-20)31(42)40(32)27(23)33(43)44-28(21-12-6-2-7-13-21)22-14-8-3-9-15-22/h1-15,18-19,26,28,32H,16-17,34H2,(H,38,41)/t26?,32-/m1/s1. The number of carbonyl (C=O) groups excluding carboxylic acids is 3. The van der Waals surface area contributed by atoms with Gasteiger partial charge in [-0.2, -0.15) is 0 Å². The number of amides is 2. The van der Waals surface area contributed by atoms with Gasteiger partial charge in [0.2, 0.25) is 5.91 Å². The van der Waals surface area contributed by atoms with E-state index in [4.69, 9.17) is 10.6 Å². The van der Waals surface area contributed by atoms with Gasteiger partial charge in [-0.05, 0) is 16.7 Å². The number of thioether (sulfide) groups is 2. The zero-order valence-electron chi connectivity index (χ0n) is 24.2. The highest BCUT2D eigenvalue weighted by molar-refractivity contribution is 8.06. The van der Waals surface area contributed by atoms with Crippen molar-refractivity contribution in [3.63, 3.8) is 0 Å². The summed E-state index contributed by atoms with van der Waals surface area (Å²) >= 11 is 2.67. The van der Waals surface area contributed by atoms with E-state index >= 15 is 0 Å². The van der Waals surface area contributed by atoms with Crippen molar-refractivity contribution in [3.8, 4) is 0 Å². The number of nitrogens with zero attached hydrogens (tertiary/aromatic N) is 5. The lowest BCUT2D eigenvalue weighted by Gasteiger charge is -2.49. The van der Waals surface area contributed by atoms with E-state index in [0.29, 0.717) is 26.8 Å². The van der Waals surface area contributed by atoms with Crippen LogP contribution >= 0.6 is 23.5 Å². The summed E-state index contributed by atoms with van der Waals surface area (Å²) in [4.78, 5) is 55.9. The molecular weight excluding hydrogens is 623 g/mol. The highest BCUT2D eigenvalue weighted by atomic mass is 32.2. The Morgan fingerprint density at radius 2 is 1.61 bits per heavy atom. The van der Waals surface area contributed by atoms with Gasteiger partial charge in [-0.25, -0.2) is 24.4 Å². The third-order valence-electron chi connectivity index (χ3n) is 7.63. The molecule has 5 aromatic rings. The molecule has 0 saturated carbocycles. The number of aromatic nitrogens is 4. The van der Waals surface area contributed by atoms with Crippen LogP contribution in [0.2, 0.25) is 0 Å². The second kappa shape index (κ2) is 12.7. The summed E-state index contributed by atoms with van der Waals surface area (Å²) in [5, 5.41) is 2.87. The number of nitrogen functional groups attached to an aromatic ring is 1. The molecule has 0 spiro atoms. The van der Waals surface area contributed by atoms with Gasteiger partial charge in [0.1, 0.15) is 40.3 Å². The number of nitrogens with one attached hydrogen (secondary N) is 1. The summed E-state index contributed by atoms with van der Waals surface area (Å²) in [7, 11) is 0. The lowest BCUT2D eigenvalue weighted by atomic mass is 10.0. The number of imidazole rings is 1. The van der Waals surface area contributed by atoms with E-state index in [0.717, 1.165) is 16.7 Å². The molecule has 11 nitrogen and oxygen atoms in total. The molecule has 2 aromatic heterocycles. The molecule has 2 aliphatic rings. The number of fused-ring (bicyclic) bond motifs is 2. The summed E-state index contributed by atoms with van der Waals surface area (Å²) < 4.78 is 7.54. The maximum absolute atomic E-state index is 14.3. The zero-order chi connectivity index (χ0) is 31.6. The van der Waals surface area contributed by atoms with E-state index in [1.54, 1.807) is 0 Å². The minimum absolute atomic E-state index is 0.114. The maximum atomic E-state index is 14.3. The molecule has 0 bridgehead atoms. The Labute approximate surface area is 272 Å². The second-order valence-electron chi connectivity index (χ2n) is 10.6. The van der Waals surface area contributed by atoms with Crippen molar-refractivity contribution >= 4 is 52.5 Å². The van der Waals surface area contributed by atoms with Crippen LogP contribution < -0.4 is 11.2 Å². The Bertz CT molecular complexity index is 1920. The van der Waals surface area contributed by atoms with Gasteiger partial charge in [-0.15, -0.1) is 11.8 Å². The lowest BCUT2D eigenvalue weighted by Crippen LogP contribution is -2.70. The highest BCUT2D eigenvalue weighted by Crippen LogP contribution is 2.46. The molecule has 1 saturated heterocycles. The Morgan fingerprint density at radius 3 is 2.28 bits per heavy atom. The number of esters is 1. The summed E-state index contributed by atoms with van der Waals surface area (Å²) in [6.07, 6.45) is 2.23. The van der Waals surface area contributed by atoms with Crippen molar-refractivity contribution in [1.82, 2.24) is 29.8 Å². The normalized spacial score (nSPS) is 17.5. The number of hydrogen-bond acceptors (Lipinski definition) is 10. The smallest absolute Gasteiger partial charge is 0.356 e. The van der Waals surface area contributed by atoms with E-state index in [1.807, 2.05) is 91.0 Å². The van der Waals surface area contributed by atoms with E-state index in [9.17, 15) is 14.4 Å². The van der Waals surface area contributed by atoms with Crippen molar-refractivity contribution in [2.75, 3.05) is 11.6 Å². The average molecular weight is 650 g/mol. The fraction of sp³-hybridized carbons (Fsp3) is 0.152. The molecule has 2 amide bonds. The van der Waals surface area contributed by atoms with E-state index in [1.165, 1.54) is 45.8 Å². The van der Waals surface area contributed by atoms with Gasteiger partial charge < -0.3 is 15.9 Å². The molecule has 0 radical (unpaired) electrons. The molecular formula is C33H27N7O4S2. The summed E-state index contributed by atoms with van der Waals surface area (Å²) in [5.41, 5.74) is 3.42. The number of benzene rings is 3. The van der Waals surface area contributed by atoms with Crippen LogP contribution in [0.15, 0.2) is 119 Å². The van der Waals surface area contributed by atoms with Crippen molar-refractivity contribution in [2.45, 2.75) is 29.0 Å². The topological polar surface area (TPSA) is 145 Å². The first kappa shape index (κ1) is 29.6. The summed E-state index contributed by atoms with van der Waals surface area (Å²) in [6, 6.07) is 27.4. The van der Waals surface area contributed by atoms with Crippen LogP contribution in [0, 0.1) is 0 Å². The van der Waals surface area contributed by atoms with Gasteiger partial charge in [0.15, 0.2) is 11.8 Å². The fourth-order valence-electron chi connectivity index (χ4n) is 5.43. The minimum atomic E-state index is -0.784. The Kier molecular flexibility index (Phi) is 8.16. The Hall–Kier alpha value is -5.14. The number of nitrogens with two attached hydrogens (primary N) is 1. The van der Waals surface area contributed by atoms with E-state index in [-0.39, 0.29) is 18.0 Å². The molecule has 13 heteroatoms. The van der Waals surface area contributed by atoms with Crippen molar-refractivity contribution in [2.24, 2.45) is 0 Å². The predicted octanol–water partition coefficient (Wildman–Crippen LogP) is 3.82. The number of β-lactam (4-membered cyclic amide) rings is 1. The van der Waals surface area contributed by atoms with E-state index in [2.05, 4.69) is 20.3 Å². The number of carbonyl (C=O) groups is 3. The quantitative estimate of drug-likeness (QED) is 0.105. The van der Waals surface area contributed by atoms with Crippen LogP contribution in [0.25, 0.3) is 11.2 Å². The van der Waals surface area contributed by atoms with Crippen LogP contribution in [-0.2, 0) is 25.5 Å². The highest BCUT2D eigenvalue weighted by Gasteiger charge is 2.55. The fourth-order valence-corrected chi connectivity index (χ4v) is 7.92. The summed E-state index contributed by atoms with van der Waals surface area (Å²) in [5.74, 6) is 5.01. The zero-order valence-corrected chi connectivity index (χ0v) is 25.9. The number of rotatable bonds is 9. The number of hydrogen-bond donors (Lipinski definition) is 2. The molecule has 2 aliphatic heterocycles. The first-order valence-corrected chi connectivity index (χ1v) is 16.3. The number of ether oxygens (including phenoxy) is 1. The molecule has 2 atom stereocenters. The molecule has 0 aliphatic carbocycles. The monoisotopic (exact) mass is 649 g/mol. The van der Waals surface area contributed by atoms with Crippen molar-refractivity contribution < 1.29 is 19.1 Å². The first-order valence-electron chi connectivity index (χ1n) is 14.4. The Balaban J connectivity index is 1.22. The second-order valence-corrected chi connectivity index (χ2v) is 12.8. The van der Waals surface area contributed by atoms with Crippen LogP contribution in [0.3, 0.4) is 0 Å². The van der Waals surface area contributed by atoms with E-state index < -0.39 is 29.4 Å². The van der Waals surface area contributed by atoms with Gasteiger partial charge in [0.25, 0.3) is 5.91 Å². The van der Waals surface area contributed by atoms with Gasteiger partial charge in [-0.1, -0.05) is 103 Å². The molecule has 7 rings (SSSR count). The minimum Gasteiger partial charge on any atom is -0.448 e. The predicted molar refractivity (Wildman–Crippen MR) is 174 cm³/mol. The average Bonchev–Trinajstić information content (AvgIpc) is 3.48. The molecule has 3 N–H and O–H groups in total. The van der Waals surface area contributed by atoms with Crippen LogP contribution in [0.4, 0.5) is 0 Å². The molecule has 46 heavy (non-hydrogen) atoms. The van der Waals surface area contributed by atoms with Gasteiger partial charge in [0.05, 0.1) is 6.42 Å². The van der Waals surface area contributed by atoms with Crippen molar-refractivity contribution in [1.29, 1.82) is 0 Å². The van der Waals surface area contributed by atoms with Gasteiger partial charge in [-0.3, -0.25) is 14.5 Å². The molecule has 4 heterocycles. The van der Waals surface area contributed by atoms with Gasteiger partial charge >= 0.3 is 5.97 Å². The largest absolute Gasteiger partial charge is 0.448 e. The third-order valence-corrected chi connectivity index (χ3v) is 10.2. The lowest BCUT2D eigenvalue weighted by molar-refractivity contribution is -0.154. The molecule has 3 aromatic carbocycles. The van der Waals surface area contributed by atoms with Crippen LogP contribution in [-0.4, -0.2) is 59.5 Å². The molecule has 1 fully saturated rings.